The van der Waals surface area contributed by atoms with Crippen LogP contribution in [0.15, 0.2) is 136 Å². The molecule has 322 valence electrons. The molecule has 5 heterocycles. The average Bonchev–Trinajstić information content (AvgIpc) is 4.09. The van der Waals surface area contributed by atoms with Gasteiger partial charge in [0.15, 0.2) is 0 Å². The summed E-state index contributed by atoms with van der Waals surface area (Å²) < 4.78 is 101. The Balaban J connectivity index is 0.00000315. The Hall–Kier alpha value is -3.32. The molecule has 2 aliphatic rings. The van der Waals surface area contributed by atoms with Gasteiger partial charge in [0.05, 0.1) is 43.0 Å². The second kappa shape index (κ2) is 21.4. The van der Waals surface area contributed by atoms with Gasteiger partial charge in [0.25, 0.3) is 30.4 Å². The first-order valence-corrected chi connectivity index (χ1v) is 23.0. The molecule has 7 aromatic rings. The summed E-state index contributed by atoms with van der Waals surface area (Å²) in [6.07, 6.45) is 7.06. The van der Waals surface area contributed by atoms with Gasteiger partial charge in [-0.3, -0.25) is 13.7 Å². The minimum Gasteiger partial charge on any atom is -1.00 e. The van der Waals surface area contributed by atoms with Gasteiger partial charge in [0, 0.05) is 44.3 Å². The molecule has 0 unspecified atom stereocenters. The number of aromatic amines is 2. The third-order valence-electron chi connectivity index (χ3n) is 10.5. The third kappa shape index (κ3) is 11.3. The zero-order chi connectivity index (χ0) is 44.4. The molecule has 0 amide bonds. The number of hydrogen-bond donors (Lipinski definition) is 6. The molecule has 0 radical (unpaired) electrons. The molecule has 0 aliphatic carbocycles. The minimum atomic E-state index is -4.53. The summed E-state index contributed by atoms with van der Waals surface area (Å²) in [6.45, 7) is 0. The molecule has 0 saturated heterocycles. The van der Waals surface area contributed by atoms with Gasteiger partial charge in [-0.05, 0) is 119 Å². The van der Waals surface area contributed by atoms with Crippen LogP contribution in [0.3, 0.4) is 0 Å². The van der Waals surface area contributed by atoms with Crippen LogP contribution < -0.4 is 118 Å². The maximum absolute atomic E-state index is 12.0. The predicted octanol–water partition coefficient (Wildman–Crippen LogP) is -2.77. The number of rotatable bonds is 8. The van der Waals surface area contributed by atoms with Gasteiger partial charge in [-0.25, -0.2) is 14.8 Å². The van der Waals surface area contributed by atoms with Crippen molar-refractivity contribution in [2.75, 3.05) is 0 Å². The number of aromatic carboxylic acids is 1. The molecule has 3 aromatic heterocycles. The number of carboxylic acid groups (broad SMARTS) is 1. The summed E-state index contributed by atoms with van der Waals surface area (Å²) in [5.74, 6) is -1.11. The van der Waals surface area contributed by atoms with E-state index in [1.54, 1.807) is 54.6 Å². The first-order chi connectivity index (χ1) is 29.9. The van der Waals surface area contributed by atoms with Gasteiger partial charge >= 0.3 is 124 Å². The Morgan fingerprint density at radius 2 is 0.612 bits per heavy atom. The van der Waals surface area contributed by atoms with Crippen LogP contribution in [0.25, 0.3) is 90.9 Å². The van der Waals surface area contributed by atoms with E-state index < -0.39 is 36.3 Å². The standard InChI is InChI=1S/C45H30N4O11S3.4Na.4H/c50-45(51)29-3-1-25(2-4-29)41-33-17-19-35(46-33)42(26-5-11-30(12-6-26)61(52,53)54)37-21-23-39(48-37)44(28-9-15-32(16-10-28)63(58,59)60)40-24-22-38(49-40)43(36-20-18-34(41)47-36)27-7-13-31(14-8-27)62(55,56)57;;;;;;;;/h1-24,46,49H,(H,50,51)(H,52,53,54)(H,55,56,57)(H,58,59,60);;;;;;;;/q;4*+1;4*-1. The molecule has 0 saturated carbocycles. The SMILES string of the molecule is O=C(O)c1ccc(-c2c3nc(c(-c4ccc(S(=O)(=O)O)cc4)c4ccc([nH]4)c(-c4ccc(S(=O)(=O)O)cc4)c4nc(c(-c5ccc(S(=O)(=O)O)cc5)c5ccc2[nH]5)C=C4)C=C3)cc1.[H-].[H-].[H-].[H-].[Na+].[Na+].[Na+].[Na+]. The summed E-state index contributed by atoms with van der Waals surface area (Å²) in [7, 11) is -13.6. The molecule has 2 aliphatic heterocycles. The minimum absolute atomic E-state index is 0. The molecule has 0 fully saturated rings. The molecule has 0 atom stereocenters. The molecule has 9 rings (SSSR count). The van der Waals surface area contributed by atoms with E-state index in [4.69, 9.17) is 9.97 Å². The van der Waals surface area contributed by atoms with Gasteiger partial charge in [-0.2, -0.15) is 25.3 Å². The maximum atomic E-state index is 12.0. The summed E-state index contributed by atoms with van der Waals surface area (Å²) in [4.78, 5) is 28.0. The van der Waals surface area contributed by atoms with Gasteiger partial charge < -0.3 is 20.8 Å². The fourth-order valence-electron chi connectivity index (χ4n) is 7.58. The van der Waals surface area contributed by atoms with Crippen molar-refractivity contribution in [1.82, 2.24) is 19.9 Å². The summed E-state index contributed by atoms with van der Waals surface area (Å²) >= 11 is 0. The van der Waals surface area contributed by atoms with Crippen LogP contribution in [0.5, 0.6) is 0 Å². The number of nitrogens with zero attached hydrogens (tertiary/aromatic N) is 2. The van der Waals surface area contributed by atoms with Crippen LogP contribution in [0.4, 0.5) is 0 Å². The van der Waals surface area contributed by atoms with Crippen LogP contribution in [-0.2, 0) is 30.4 Å². The Labute approximate surface area is 478 Å². The number of carboxylic acids is 1. The number of carbonyl (C=O) groups is 1. The van der Waals surface area contributed by atoms with Crippen molar-refractivity contribution in [1.29, 1.82) is 0 Å². The van der Waals surface area contributed by atoms with Crippen LogP contribution in [0.1, 0.15) is 38.8 Å². The molecule has 22 heteroatoms. The first kappa shape index (κ1) is 54.6. The van der Waals surface area contributed by atoms with Gasteiger partial charge in [-0.1, -0.05) is 48.5 Å². The Kier molecular flexibility index (Phi) is 17.4. The average molecular weight is 995 g/mol. The monoisotopic (exact) mass is 994 g/mol. The number of nitrogens with one attached hydrogen (secondary N) is 2. The fraction of sp³-hybridized carbons (Fsp3) is 0. The van der Waals surface area contributed by atoms with E-state index in [9.17, 15) is 48.8 Å². The molecule has 6 N–H and O–H groups in total. The summed E-state index contributed by atoms with van der Waals surface area (Å²) in [6, 6.07) is 30.2. The Bertz CT molecular complexity index is 3610. The van der Waals surface area contributed by atoms with Crippen LogP contribution in [0.2, 0.25) is 0 Å². The van der Waals surface area contributed by atoms with Crippen molar-refractivity contribution >= 4 is 82.7 Å². The quantitative estimate of drug-likeness (QED) is 0.0667. The number of fused-ring (bicyclic) bond motifs is 8. The summed E-state index contributed by atoms with van der Waals surface area (Å²) in [5.41, 5.74) is 8.19. The second-order valence-corrected chi connectivity index (χ2v) is 18.6. The molecular formula is C45H34N4Na4O11S3. The normalized spacial score (nSPS) is 12.0. The zero-order valence-corrected chi connectivity index (χ0v) is 46.6. The van der Waals surface area contributed by atoms with E-state index in [1.165, 1.54) is 84.9 Å². The van der Waals surface area contributed by atoms with E-state index in [0.29, 0.717) is 89.4 Å². The maximum Gasteiger partial charge on any atom is 1.00 e. The van der Waals surface area contributed by atoms with Crippen molar-refractivity contribution in [2.45, 2.75) is 14.7 Å². The van der Waals surface area contributed by atoms with Gasteiger partial charge in [0.2, 0.25) is 0 Å². The Morgan fingerprint density at radius 1 is 0.388 bits per heavy atom. The van der Waals surface area contributed by atoms with Crippen molar-refractivity contribution in [3.63, 3.8) is 0 Å². The smallest absolute Gasteiger partial charge is 1.00 e. The molecule has 0 spiro atoms. The molecule has 4 aromatic carbocycles. The van der Waals surface area contributed by atoms with Crippen molar-refractivity contribution < 1.29 is 173 Å². The largest absolute Gasteiger partial charge is 1.00 e. The number of H-pyrrole nitrogens is 2. The predicted molar refractivity (Wildman–Crippen MR) is 241 cm³/mol. The fourth-order valence-corrected chi connectivity index (χ4v) is 9.02. The number of aromatic nitrogens is 4. The van der Waals surface area contributed by atoms with Crippen LogP contribution in [-0.4, -0.2) is 69.9 Å². The van der Waals surface area contributed by atoms with Crippen LogP contribution >= 0.6 is 0 Å². The van der Waals surface area contributed by atoms with Crippen molar-refractivity contribution in [2.24, 2.45) is 0 Å². The van der Waals surface area contributed by atoms with E-state index in [-0.39, 0.29) is 144 Å². The topological polar surface area (TPSA) is 258 Å². The van der Waals surface area contributed by atoms with Crippen LogP contribution in [0, 0.1) is 0 Å². The molecule has 67 heavy (non-hydrogen) atoms. The zero-order valence-electron chi connectivity index (χ0n) is 40.1. The van der Waals surface area contributed by atoms with Gasteiger partial charge in [-0.15, -0.1) is 0 Å². The van der Waals surface area contributed by atoms with E-state index in [2.05, 4.69) is 9.97 Å². The number of hydrogen-bond acceptors (Lipinski definition) is 9. The van der Waals surface area contributed by atoms with Crippen molar-refractivity contribution in [3.05, 3.63) is 150 Å². The van der Waals surface area contributed by atoms with E-state index in [1.807, 2.05) is 6.07 Å². The third-order valence-corrected chi connectivity index (χ3v) is 13.1. The van der Waals surface area contributed by atoms with E-state index in [0.717, 1.165) is 0 Å². The molecule has 8 bridgehead atoms. The summed E-state index contributed by atoms with van der Waals surface area (Å²) in [5, 5.41) is 9.68. The molecular weight excluding hydrogens is 961 g/mol. The molecule has 15 nitrogen and oxygen atoms in total. The second-order valence-electron chi connectivity index (χ2n) is 14.4. The van der Waals surface area contributed by atoms with E-state index >= 15 is 0 Å². The first-order valence-electron chi connectivity index (χ1n) is 18.7. The van der Waals surface area contributed by atoms with Gasteiger partial charge in [0.1, 0.15) is 0 Å². The van der Waals surface area contributed by atoms with Crippen molar-refractivity contribution in [3.8, 4) is 44.5 Å². The Morgan fingerprint density at radius 3 is 0.821 bits per heavy atom. The number of benzene rings is 4.